The summed E-state index contributed by atoms with van der Waals surface area (Å²) in [5.74, 6) is -0.118. The van der Waals surface area contributed by atoms with E-state index in [1.807, 2.05) is 0 Å². The molecule has 0 aliphatic carbocycles. The number of amides is 1. The van der Waals surface area contributed by atoms with Crippen LogP contribution in [0, 0.1) is 16.0 Å². The Morgan fingerprint density at radius 1 is 1.57 bits per heavy atom. The van der Waals surface area contributed by atoms with Crippen molar-refractivity contribution in [3.8, 4) is 0 Å². The zero-order chi connectivity index (χ0) is 15.4. The van der Waals surface area contributed by atoms with Crippen LogP contribution in [0.5, 0.6) is 0 Å². The standard InChI is InChI=1S/C14H19N3O4/c1-16(8-10-4-3-7-21-9-10)14(18)11-5-2-6-12(15)13(11)17(19)20/h2,5-6,10H,3-4,7-9,15H2,1H3. The van der Waals surface area contributed by atoms with Crippen LogP contribution in [-0.2, 0) is 4.74 Å². The Morgan fingerprint density at radius 2 is 2.33 bits per heavy atom. The number of ether oxygens (including phenoxy) is 1. The van der Waals surface area contributed by atoms with Crippen molar-refractivity contribution in [1.29, 1.82) is 0 Å². The number of carbonyl (C=O) groups excluding carboxylic acids is 1. The molecule has 0 saturated carbocycles. The van der Waals surface area contributed by atoms with E-state index in [2.05, 4.69) is 0 Å². The van der Waals surface area contributed by atoms with E-state index < -0.39 is 4.92 Å². The minimum atomic E-state index is -0.611. The first-order chi connectivity index (χ1) is 10.0. The average molecular weight is 293 g/mol. The molecule has 1 unspecified atom stereocenters. The fourth-order valence-electron chi connectivity index (χ4n) is 2.56. The third-order valence-electron chi connectivity index (χ3n) is 3.61. The van der Waals surface area contributed by atoms with E-state index in [1.54, 1.807) is 13.1 Å². The second-order valence-corrected chi connectivity index (χ2v) is 5.27. The van der Waals surface area contributed by atoms with E-state index in [0.717, 1.165) is 19.4 Å². The zero-order valence-corrected chi connectivity index (χ0v) is 11.9. The molecule has 7 heteroatoms. The summed E-state index contributed by atoms with van der Waals surface area (Å²) in [5, 5.41) is 11.1. The van der Waals surface area contributed by atoms with Gasteiger partial charge in [-0.05, 0) is 30.9 Å². The fraction of sp³-hybridized carbons (Fsp3) is 0.500. The van der Waals surface area contributed by atoms with Gasteiger partial charge in [-0.2, -0.15) is 0 Å². The minimum Gasteiger partial charge on any atom is -0.393 e. The topological polar surface area (TPSA) is 98.7 Å². The number of nitro groups is 1. The highest BCUT2D eigenvalue weighted by molar-refractivity contribution is 6.00. The summed E-state index contributed by atoms with van der Waals surface area (Å²) in [6.07, 6.45) is 1.97. The van der Waals surface area contributed by atoms with E-state index in [9.17, 15) is 14.9 Å². The van der Waals surface area contributed by atoms with Gasteiger partial charge in [-0.15, -0.1) is 0 Å². The Morgan fingerprint density at radius 3 is 2.95 bits per heavy atom. The number of nitrogens with zero attached hydrogens (tertiary/aromatic N) is 2. The molecule has 1 aromatic rings. The summed E-state index contributed by atoms with van der Waals surface area (Å²) < 4.78 is 5.38. The van der Waals surface area contributed by atoms with Crippen molar-refractivity contribution in [2.45, 2.75) is 12.8 Å². The molecule has 1 fully saturated rings. The lowest BCUT2D eigenvalue weighted by Gasteiger charge is -2.27. The van der Waals surface area contributed by atoms with Crippen LogP contribution in [0.4, 0.5) is 11.4 Å². The van der Waals surface area contributed by atoms with E-state index in [1.165, 1.54) is 17.0 Å². The van der Waals surface area contributed by atoms with Gasteiger partial charge in [0.2, 0.25) is 0 Å². The molecule has 1 amide bonds. The molecule has 2 rings (SSSR count). The van der Waals surface area contributed by atoms with Gasteiger partial charge in [-0.3, -0.25) is 14.9 Å². The molecule has 0 spiro atoms. The van der Waals surface area contributed by atoms with Gasteiger partial charge in [-0.1, -0.05) is 6.07 Å². The monoisotopic (exact) mass is 293 g/mol. The van der Waals surface area contributed by atoms with Gasteiger partial charge in [-0.25, -0.2) is 0 Å². The van der Waals surface area contributed by atoms with E-state index in [-0.39, 0.29) is 28.8 Å². The number of nitrogen functional groups attached to an aromatic ring is 1. The van der Waals surface area contributed by atoms with Gasteiger partial charge < -0.3 is 15.4 Å². The van der Waals surface area contributed by atoms with Crippen molar-refractivity contribution in [1.82, 2.24) is 4.90 Å². The largest absolute Gasteiger partial charge is 0.393 e. The molecule has 0 bridgehead atoms. The smallest absolute Gasteiger partial charge is 0.304 e. The fourth-order valence-corrected chi connectivity index (χ4v) is 2.56. The molecule has 2 N–H and O–H groups in total. The lowest BCUT2D eigenvalue weighted by molar-refractivity contribution is -0.384. The molecule has 114 valence electrons. The first-order valence-electron chi connectivity index (χ1n) is 6.86. The molecule has 1 saturated heterocycles. The molecule has 0 radical (unpaired) electrons. The summed E-state index contributed by atoms with van der Waals surface area (Å²) in [4.78, 5) is 24.4. The summed E-state index contributed by atoms with van der Waals surface area (Å²) in [7, 11) is 1.64. The van der Waals surface area contributed by atoms with Crippen molar-refractivity contribution in [3.05, 3.63) is 33.9 Å². The summed E-state index contributed by atoms with van der Waals surface area (Å²) >= 11 is 0. The van der Waals surface area contributed by atoms with Crippen molar-refractivity contribution in [2.24, 2.45) is 5.92 Å². The lowest BCUT2D eigenvalue weighted by Crippen LogP contribution is -2.35. The second kappa shape index (κ2) is 6.53. The van der Waals surface area contributed by atoms with Gasteiger partial charge in [0.1, 0.15) is 11.3 Å². The Labute approximate surface area is 122 Å². The first kappa shape index (κ1) is 15.2. The van der Waals surface area contributed by atoms with Crippen molar-refractivity contribution in [2.75, 3.05) is 32.5 Å². The van der Waals surface area contributed by atoms with Crippen LogP contribution < -0.4 is 5.73 Å². The highest BCUT2D eigenvalue weighted by Gasteiger charge is 2.27. The third-order valence-corrected chi connectivity index (χ3v) is 3.61. The molecule has 1 aliphatic heterocycles. The predicted molar refractivity (Wildman–Crippen MR) is 78.0 cm³/mol. The first-order valence-corrected chi connectivity index (χ1v) is 6.86. The molecule has 1 heterocycles. The highest BCUT2D eigenvalue weighted by atomic mass is 16.6. The van der Waals surface area contributed by atoms with Gasteiger partial charge in [0.25, 0.3) is 5.91 Å². The van der Waals surface area contributed by atoms with Crippen LogP contribution in [0.2, 0.25) is 0 Å². The van der Waals surface area contributed by atoms with E-state index in [0.29, 0.717) is 13.2 Å². The maximum atomic E-state index is 12.4. The van der Waals surface area contributed by atoms with Crippen LogP contribution >= 0.6 is 0 Å². The van der Waals surface area contributed by atoms with Crippen LogP contribution in [0.3, 0.4) is 0 Å². The van der Waals surface area contributed by atoms with Crippen LogP contribution in [0.15, 0.2) is 18.2 Å². The van der Waals surface area contributed by atoms with Crippen LogP contribution in [0.1, 0.15) is 23.2 Å². The zero-order valence-electron chi connectivity index (χ0n) is 11.9. The van der Waals surface area contributed by atoms with Crippen LogP contribution in [0.25, 0.3) is 0 Å². The molecular weight excluding hydrogens is 274 g/mol. The van der Waals surface area contributed by atoms with Gasteiger partial charge in [0, 0.05) is 20.2 Å². The summed E-state index contributed by atoms with van der Waals surface area (Å²) in [6.45, 7) is 1.90. The van der Waals surface area contributed by atoms with Gasteiger partial charge in [0.15, 0.2) is 0 Å². The number of hydrogen-bond acceptors (Lipinski definition) is 5. The Kier molecular flexibility index (Phi) is 4.74. The van der Waals surface area contributed by atoms with Crippen molar-refractivity contribution in [3.63, 3.8) is 0 Å². The van der Waals surface area contributed by atoms with Crippen molar-refractivity contribution < 1.29 is 14.5 Å². The number of para-hydroxylation sites is 1. The molecule has 0 aromatic heterocycles. The second-order valence-electron chi connectivity index (χ2n) is 5.27. The van der Waals surface area contributed by atoms with Crippen LogP contribution in [-0.4, -0.2) is 42.5 Å². The number of nitro benzene ring substituents is 1. The van der Waals surface area contributed by atoms with E-state index >= 15 is 0 Å². The van der Waals surface area contributed by atoms with Gasteiger partial charge in [0.05, 0.1) is 11.5 Å². The minimum absolute atomic E-state index is 0.000231. The number of benzene rings is 1. The highest BCUT2D eigenvalue weighted by Crippen LogP contribution is 2.27. The summed E-state index contributed by atoms with van der Waals surface area (Å²) in [6, 6.07) is 4.40. The molecule has 7 nitrogen and oxygen atoms in total. The third kappa shape index (κ3) is 3.49. The number of nitrogens with two attached hydrogens (primary N) is 1. The molecule has 1 aromatic carbocycles. The number of carbonyl (C=O) groups is 1. The molecule has 21 heavy (non-hydrogen) atoms. The maximum Gasteiger partial charge on any atom is 0.304 e. The van der Waals surface area contributed by atoms with Crippen molar-refractivity contribution >= 4 is 17.3 Å². The maximum absolute atomic E-state index is 12.4. The Bertz CT molecular complexity index is 541. The Hall–Kier alpha value is -2.15. The summed E-state index contributed by atoms with van der Waals surface area (Å²) in [5.41, 5.74) is 5.31. The number of hydrogen-bond donors (Lipinski definition) is 1. The van der Waals surface area contributed by atoms with Gasteiger partial charge >= 0.3 is 5.69 Å². The molecule has 1 atom stereocenters. The predicted octanol–water partition coefficient (Wildman–Crippen LogP) is 1.68. The quantitative estimate of drug-likeness (QED) is 0.517. The van der Waals surface area contributed by atoms with E-state index in [4.69, 9.17) is 10.5 Å². The molecule has 1 aliphatic rings. The SMILES string of the molecule is CN(CC1CCCOC1)C(=O)c1cccc(N)c1[N+](=O)[O-]. The number of anilines is 1. The normalized spacial score (nSPS) is 18.2. The molecular formula is C14H19N3O4. The lowest BCUT2D eigenvalue weighted by atomic mass is 10.0. The Balaban J connectivity index is 2.15. The number of rotatable bonds is 4. The average Bonchev–Trinajstić information content (AvgIpc) is 2.46.